The summed E-state index contributed by atoms with van der Waals surface area (Å²) in [5.74, 6) is 0.00867. The number of carbonyl (C=O) groups is 1. The van der Waals surface area contributed by atoms with Crippen molar-refractivity contribution in [1.29, 1.82) is 0 Å². The molecule has 150 valence electrons. The standard InChI is InChI=1S/C21H40O3Si2/c1-16(2)23-25-15-17(3)20(22)24-26(21(4,5)6,18-11-7-8-12-18)19-13-9-10-14-19/h16-19H,7-15H2,1-6H3. The number of carbonyl (C=O) groups excluding carboxylic acids is 1. The highest BCUT2D eigenvalue weighted by Crippen LogP contribution is 2.60. The third kappa shape index (κ3) is 5.02. The van der Waals surface area contributed by atoms with Crippen LogP contribution in [-0.2, 0) is 13.6 Å². The first-order valence-corrected chi connectivity index (χ1v) is 14.0. The van der Waals surface area contributed by atoms with E-state index >= 15 is 0 Å². The van der Waals surface area contributed by atoms with Gasteiger partial charge in [0, 0.05) is 6.10 Å². The molecule has 2 aliphatic carbocycles. The molecule has 0 aliphatic heterocycles. The van der Waals surface area contributed by atoms with Gasteiger partial charge in [-0.2, -0.15) is 0 Å². The Morgan fingerprint density at radius 2 is 1.46 bits per heavy atom. The molecule has 0 aromatic heterocycles. The average Bonchev–Trinajstić information content (AvgIpc) is 3.24. The lowest BCUT2D eigenvalue weighted by atomic mass is 10.2. The summed E-state index contributed by atoms with van der Waals surface area (Å²) in [6.45, 7) is 13.2. The summed E-state index contributed by atoms with van der Waals surface area (Å²) >= 11 is 0. The van der Waals surface area contributed by atoms with Gasteiger partial charge in [0.25, 0.3) is 14.3 Å². The van der Waals surface area contributed by atoms with Crippen molar-refractivity contribution in [2.75, 3.05) is 0 Å². The Morgan fingerprint density at radius 3 is 1.85 bits per heavy atom. The zero-order valence-corrected chi connectivity index (χ0v) is 19.9. The molecule has 26 heavy (non-hydrogen) atoms. The van der Waals surface area contributed by atoms with Crippen LogP contribution in [0.5, 0.6) is 0 Å². The lowest BCUT2D eigenvalue weighted by molar-refractivity contribution is -0.139. The van der Waals surface area contributed by atoms with E-state index in [9.17, 15) is 4.79 Å². The van der Waals surface area contributed by atoms with Crippen LogP contribution in [0.4, 0.5) is 0 Å². The Bertz CT molecular complexity index is 431. The van der Waals surface area contributed by atoms with Gasteiger partial charge in [0.2, 0.25) is 9.76 Å². The second-order valence-corrected chi connectivity index (χ2v) is 15.7. The van der Waals surface area contributed by atoms with Crippen LogP contribution in [0.25, 0.3) is 0 Å². The first-order chi connectivity index (χ1) is 12.2. The summed E-state index contributed by atoms with van der Waals surface area (Å²) in [4.78, 5) is 13.2. The van der Waals surface area contributed by atoms with E-state index in [-0.39, 0.29) is 23.0 Å². The van der Waals surface area contributed by atoms with Crippen LogP contribution < -0.4 is 0 Å². The maximum Gasteiger partial charge on any atom is 0.295 e. The van der Waals surface area contributed by atoms with Crippen LogP contribution in [0, 0.1) is 5.92 Å². The molecule has 2 fully saturated rings. The smallest absolute Gasteiger partial charge is 0.295 e. The molecule has 0 aromatic rings. The molecule has 2 radical (unpaired) electrons. The maximum atomic E-state index is 13.2. The highest BCUT2D eigenvalue weighted by molar-refractivity contribution is 6.80. The summed E-state index contributed by atoms with van der Waals surface area (Å²) in [7, 11) is -1.82. The highest BCUT2D eigenvalue weighted by Gasteiger charge is 2.60. The fourth-order valence-corrected chi connectivity index (χ4v) is 12.9. The lowest BCUT2D eigenvalue weighted by Crippen LogP contribution is -2.56. The van der Waals surface area contributed by atoms with E-state index < -0.39 is 8.32 Å². The van der Waals surface area contributed by atoms with E-state index in [0.29, 0.717) is 20.8 Å². The minimum Gasteiger partial charge on any atom is -0.518 e. The quantitative estimate of drug-likeness (QED) is 0.454. The molecule has 2 rings (SSSR count). The summed E-state index contributed by atoms with van der Waals surface area (Å²) < 4.78 is 12.4. The third-order valence-electron chi connectivity index (χ3n) is 6.48. The van der Waals surface area contributed by atoms with Gasteiger partial charge in [-0.15, -0.1) is 0 Å². The van der Waals surface area contributed by atoms with Gasteiger partial charge in [-0.25, -0.2) is 0 Å². The molecule has 0 saturated heterocycles. The SMILES string of the molecule is CC(C)O[Si]CC(C)C(=O)O[Si](C1CCCC1)(C1CCCC1)C(C)(C)C. The predicted octanol–water partition coefficient (Wildman–Crippen LogP) is 6.26. The van der Waals surface area contributed by atoms with Crippen molar-refractivity contribution >= 4 is 24.0 Å². The zero-order chi connectivity index (χ0) is 19.4. The van der Waals surface area contributed by atoms with Crippen molar-refractivity contribution in [1.82, 2.24) is 0 Å². The first-order valence-electron chi connectivity index (χ1n) is 10.8. The van der Waals surface area contributed by atoms with Crippen LogP contribution in [0.2, 0.25) is 22.2 Å². The molecular weight excluding hydrogens is 356 g/mol. The van der Waals surface area contributed by atoms with Crippen molar-refractivity contribution in [3.63, 3.8) is 0 Å². The van der Waals surface area contributed by atoms with Crippen molar-refractivity contribution in [2.24, 2.45) is 5.92 Å². The van der Waals surface area contributed by atoms with E-state index in [2.05, 4.69) is 20.8 Å². The normalized spacial score (nSPS) is 21.5. The van der Waals surface area contributed by atoms with Crippen LogP contribution >= 0.6 is 0 Å². The van der Waals surface area contributed by atoms with Gasteiger partial charge < -0.3 is 8.85 Å². The van der Waals surface area contributed by atoms with Gasteiger partial charge in [-0.05, 0) is 61.7 Å². The summed E-state index contributed by atoms with van der Waals surface area (Å²) in [5, 5.41) is 0.114. The Morgan fingerprint density at radius 1 is 1.00 bits per heavy atom. The largest absolute Gasteiger partial charge is 0.518 e. The number of hydrogen-bond acceptors (Lipinski definition) is 3. The van der Waals surface area contributed by atoms with Crippen LogP contribution in [0.3, 0.4) is 0 Å². The third-order valence-corrected chi connectivity index (χ3v) is 14.4. The molecule has 1 unspecified atom stereocenters. The van der Waals surface area contributed by atoms with Crippen LogP contribution in [-0.4, -0.2) is 30.2 Å². The van der Waals surface area contributed by atoms with Crippen LogP contribution in [0.1, 0.15) is 92.9 Å². The van der Waals surface area contributed by atoms with Gasteiger partial charge in [0.1, 0.15) is 0 Å². The Labute approximate surface area is 165 Å². The zero-order valence-electron chi connectivity index (χ0n) is 17.9. The lowest BCUT2D eigenvalue weighted by Gasteiger charge is -2.49. The molecule has 0 spiro atoms. The van der Waals surface area contributed by atoms with E-state index in [1.807, 2.05) is 20.8 Å². The Balaban J connectivity index is 2.18. The minimum absolute atomic E-state index is 0.0517. The number of rotatable bonds is 8. The van der Waals surface area contributed by atoms with Gasteiger partial charge in [-0.3, -0.25) is 4.79 Å². The topological polar surface area (TPSA) is 35.5 Å². The van der Waals surface area contributed by atoms with Crippen molar-refractivity contribution in [3.8, 4) is 0 Å². The first kappa shape index (κ1) is 22.2. The second-order valence-electron chi connectivity index (χ2n) is 9.84. The van der Waals surface area contributed by atoms with Gasteiger partial charge in [-0.1, -0.05) is 53.4 Å². The van der Waals surface area contributed by atoms with E-state index in [4.69, 9.17) is 8.85 Å². The fraction of sp³-hybridized carbons (Fsp3) is 0.952. The fourth-order valence-electron chi connectivity index (χ4n) is 5.28. The monoisotopic (exact) mass is 396 g/mol. The molecule has 2 aliphatic rings. The van der Waals surface area contributed by atoms with Gasteiger partial charge in [0.15, 0.2) is 0 Å². The second kappa shape index (κ2) is 9.37. The van der Waals surface area contributed by atoms with Crippen LogP contribution in [0.15, 0.2) is 0 Å². The molecule has 0 heterocycles. The predicted molar refractivity (Wildman–Crippen MR) is 112 cm³/mol. The molecule has 0 amide bonds. The van der Waals surface area contributed by atoms with Gasteiger partial charge in [0.05, 0.1) is 5.92 Å². The minimum atomic E-state index is -2.21. The summed E-state index contributed by atoms with van der Waals surface area (Å²) in [6, 6.07) is 0.793. The maximum absolute atomic E-state index is 13.2. The average molecular weight is 397 g/mol. The van der Waals surface area contributed by atoms with E-state index in [1.165, 1.54) is 51.4 Å². The molecule has 5 heteroatoms. The highest BCUT2D eigenvalue weighted by atomic mass is 28.4. The summed E-state index contributed by atoms with van der Waals surface area (Å²) in [6.07, 6.45) is 10.6. The van der Waals surface area contributed by atoms with Crippen molar-refractivity contribution in [2.45, 2.75) is 121 Å². The molecule has 3 nitrogen and oxygen atoms in total. The molecule has 0 aromatic carbocycles. The van der Waals surface area contributed by atoms with Gasteiger partial charge >= 0.3 is 0 Å². The Hall–Kier alpha value is -0.136. The molecule has 2 saturated carbocycles. The van der Waals surface area contributed by atoms with Crippen molar-refractivity contribution in [3.05, 3.63) is 0 Å². The molecular formula is C21H40O3Si2. The number of hydrogen-bond donors (Lipinski definition) is 0. The summed E-state index contributed by atoms with van der Waals surface area (Å²) in [5.41, 5.74) is 1.33. The molecule has 1 atom stereocenters. The van der Waals surface area contributed by atoms with E-state index in [0.717, 1.165) is 6.04 Å². The van der Waals surface area contributed by atoms with E-state index in [1.54, 1.807) is 0 Å². The molecule has 0 bridgehead atoms. The van der Waals surface area contributed by atoms with Crippen molar-refractivity contribution < 1.29 is 13.6 Å². The Kier molecular flexibility index (Phi) is 7.99. The molecule has 0 N–H and O–H groups in total.